The molecule has 1 aliphatic carbocycles. The third-order valence-electron chi connectivity index (χ3n) is 5.40. The quantitative estimate of drug-likeness (QED) is 0.532. The average Bonchev–Trinajstić information content (AvgIpc) is 2.79. The van der Waals surface area contributed by atoms with Gasteiger partial charge in [-0.2, -0.15) is 0 Å². The van der Waals surface area contributed by atoms with Gasteiger partial charge in [0.2, 0.25) is 0 Å². The van der Waals surface area contributed by atoms with Gasteiger partial charge < -0.3 is 9.53 Å². The Morgan fingerprint density at radius 2 is 1.71 bits per heavy atom. The van der Waals surface area contributed by atoms with E-state index in [-0.39, 0.29) is 6.10 Å². The number of hydrogen-bond acceptors (Lipinski definition) is 2. The van der Waals surface area contributed by atoms with Crippen LogP contribution in [0, 0.1) is 5.41 Å². The van der Waals surface area contributed by atoms with Gasteiger partial charge in [-0.05, 0) is 27.6 Å². The Morgan fingerprint density at radius 1 is 1.24 bits per heavy atom. The molecule has 0 aromatic heterocycles. The Labute approximate surface area is 130 Å². The smallest absolute Gasteiger partial charge is 0.313 e. The highest BCUT2D eigenvalue weighted by Gasteiger charge is 2.45. The molecule has 0 aliphatic heterocycles. The Bertz CT molecular complexity index is 368. The maximum atomic E-state index is 11.6. The van der Waals surface area contributed by atoms with Gasteiger partial charge in [0.25, 0.3) is 0 Å². The van der Waals surface area contributed by atoms with Gasteiger partial charge in [0.05, 0.1) is 5.41 Å². The molecule has 2 atom stereocenters. The van der Waals surface area contributed by atoms with E-state index < -0.39 is 19.7 Å². The SMILES string of the molecule is C=CC1(C(=O)O)CCC(O[Si-](C(C)C)(C(C)C)C(C)C)C1. The van der Waals surface area contributed by atoms with Crippen molar-refractivity contribution in [1.82, 2.24) is 0 Å². The maximum Gasteiger partial charge on any atom is 0.313 e. The lowest BCUT2D eigenvalue weighted by Gasteiger charge is -2.56. The van der Waals surface area contributed by atoms with Crippen LogP contribution in [0.15, 0.2) is 12.7 Å². The fourth-order valence-corrected chi connectivity index (χ4v) is 9.89. The Kier molecular flexibility index (Phi) is 5.84. The number of carboxylic acids is 1. The molecule has 123 valence electrons. The van der Waals surface area contributed by atoms with Crippen molar-refractivity contribution < 1.29 is 14.3 Å². The van der Waals surface area contributed by atoms with Crippen LogP contribution in [0.2, 0.25) is 16.6 Å². The molecular formula is C17H32O3Si-. The summed E-state index contributed by atoms with van der Waals surface area (Å²) in [6, 6.07) is 0. The highest BCUT2D eigenvalue weighted by atomic mass is 28.4. The fourth-order valence-electron chi connectivity index (χ4n) is 4.29. The summed E-state index contributed by atoms with van der Waals surface area (Å²) in [5.41, 5.74) is 0.804. The number of carboxylic acid groups (broad SMARTS) is 1. The minimum atomic E-state index is -1.93. The molecule has 1 saturated carbocycles. The van der Waals surface area contributed by atoms with Crippen LogP contribution in [0.1, 0.15) is 60.8 Å². The molecule has 21 heavy (non-hydrogen) atoms. The van der Waals surface area contributed by atoms with Crippen LogP contribution in [0.25, 0.3) is 0 Å². The molecule has 0 bridgehead atoms. The van der Waals surface area contributed by atoms with Gasteiger partial charge >= 0.3 is 5.97 Å². The Hall–Kier alpha value is -0.613. The molecule has 0 aromatic carbocycles. The van der Waals surface area contributed by atoms with Crippen molar-refractivity contribution in [2.75, 3.05) is 0 Å². The van der Waals surface area contributed by atoms with Crippen molar-refractivity contribution in [2.24, 2.45) is 5.41 Å². The monoisotopic (exact) mass is 312 g/mol. The lowest BCUT2D eigenvalue weighted by Crippen LogP contribution is -2.50. The summed E-state index contributed by atoms with van der Waals surface area (Å²) in [6.45, 7) is 17.3. The van der Waals surface area contributed by atoms with Gasteiger partial charge in [0, 0.05) is 6.10 Å². The summed E-state index contributed by atoms with van der Waals surface area (Å²) in [5, 5.41) is 9.49. The van der Waals surface area contributed by atoms with E-state index in [2.05, 4.69) is 48.1 Å². The van der Waals surface area contributed by atoms with Crippen LogP contribution in [-0.2, 0) is 9.22 Å². The van der Waals surface area contributed by atoms with Gasteiger partial charge in [-0.3, -0.25) is 4.79 Å². The molecular weight excluding hydrogens is 280 g/mol. The third-order valence-corrected chi connectivity index (χ3v) is 11.6. The minimum Gasteiger partial charge on any atom is -0.562 e. The summed E-state index contributed by atoms with van der Waals surface area (Å²) in [6.07, 6.45) is 3.74. The second-order valence-corrected chi connectivity index (χ2v) is 12.9. The van der Waals surface area contributed by atoms with Gasteiger partial charge in [-0.1, -0.05) is 47.6 Å². The van der Waals surface area contributed by atoms with Crippen LogP contribution in [0.3, 0.4) is 0 Å². The van der Waals surface area contributed by atoms with E-state index in [9.17, 15) is 9.90 Å². The predicted octanol–water partition coefficient (Wildman–Crippen LogP) is 4.99. The summed E-state index contributed by atoms with van der Waals surface area (Å²) in [4.78, 5) is 11.6. The number of rotatable bonds is 7. The molecule has 3 nitrogen and oxygen atoms in total. The number of carbonyl (C=O) groups is 1. The third kappa shape index (κ3) is 3.26. The number of aliphatic carboxylic acids is 1. The topological polar surface area (TPSA) is 46.5 Å². The van der Waals surface area contributed by atoms with Crippen molar-refractivity contribution in [3.05, 3.63) is 12.7 Å². The highest BCUT2D eigenvalue weighted by Crippen LogP contribution is 2.48. The normalized spacial score (nSPS) is 26.8. The first-order valence-corrected chi connectivity index (χ1v) is 10.3. The minimum absolute atomic E-state index is 0.0676. The molecule has 0 spiro atoms. The summed E-state index contributed by atoms with van der Waals surface area (Å²) in [7, 11) is -1.93. The summed E-state index contributed by atoms with van der Waals surface area (Å²) in [5.74, 6) is -0.755. The van der Waals surface area contributed by atoms with Crippen molar-refractivity contribution >= 4 is 14.3 Å². The van der Waals surface area contributed by atoms with Crippen LogP contribution >= 0.6 is 0 Å². The molecule has 0 heterocycles. The van der Waals surface area contributed by atoms with Gasteiger partial charge in [0.1, 0.15) is 0 Å². The lowest BCUT2D eigenvalue weighted by atomic mass is 9.87. The van der Waals surface area contributed by atoms with E-state index in [1.807, 2.05) is 0 Å². The molecule has 2 unspecified atom stereocenters. The first-order valence-electron chi connectivity index (χ1n) is 8.17. The molecule has 0 amide bonds. The van der Waals surface area contributed by atoms with E-state index in [4.69, 9.17) is 4.43 Å². The average molecular weight is 313 g/mol. The zero-order valence-corrected chi connectivity index (χ0v) is 15.5. The summed E-state index contributed by atoms with van der Waals surface area (Å²) >= 11 is 0. The van der Waals surface area contributed by atoms with Crippen molar-refractivity contribution in [1.29, 1.82) is 0 Å². The van der Waals surface area contributed by atoms with Crippen LogP contribution in [-0.4, -0.2) is 25.5 Å². The van der Waals surface area contributed by atoms with Crippen LogP contribution < -0.4 is 0 Å². The van der Waals surface area contributed by atoms with Gasteiger partial charge in [0.15, 0.2) is 0 Å². The predicted molar refractivity (Wildman–Crippen MR) is 90.0 cm³/mol. The summed E-state index contributed by atoms with van der Waals surface area (Å²) < 4.78 is 6.72. The van der Waals surface area contributed by atoms with E-state index >= 15 is 0 Å². The molecule has 1 N–H and O–H groups in total. The molecule has 0 radical (unpaired) electrons. The maximum absolute atomic E-state index is 11.6. The van der Waals surface area contributed by atoms with E-state index in [0.717, 1.165) is 6.42 Å². The van der Waals surface area contributed by atoms with Gasteiger partial charge in [-0.25, -0.2) is 0 Å². The second-order valence-electron chi connectivity index (χ2n) is 7.47. The standard InChI is InChI=1S/C17H32O3Si/c1-8-17(16(18)19)10-9-15(11-17)20-21(12(2)3,13(4)5)14(6)7/h8,12-15H,1,9-11H2,2-7H3,(H,18,19)/q-1. The molecule has 1 rings (SSSR count). The van der Waals surface area contributed by atoms with Gasteiger partial charge in [-0.15, -0.1) is 23.2 Å². The van der Waals surface area contributed by atoms with Crippen molar-refractivity contribution in [3.8, 4) is 0 Å². The van der Waals surface area contributed by atoms with Crippen LogP contribution in [0.4, 0.5) is 0 Å². The molecule has 1 aliphatic rings. The Balaban J connectivity index is 2.98. The Morgan fingerprint density at radius 3 is 2.00 bits per heavy atom. The molecule has 0 saturated heterocycles. The largest absolute Gasteiger partial charge is 0.562 e. The number of hydrogen-bond donors (Lipinski definition) is 1. The zero-order chi connectivity index (χ0) is 16.4. The first-order chi connectivity index (χ1) is 9.62. The zero-order valence-electron chi connectivity index (χ0n) is 14.5. The first kappa shape index (κ1) is 18.4. The molecule has 1 fully saturated rings. The van der Waals surface area contributed by atoms with Crippen molar-refractivity contribution in [3.63, 3.8) is 0 Å². The fraction of sp³-hybridized carbons (Fsp3) is 0.824. The second kappa shape index (κ2) is 6.65. The van der Waals surface area contributed by atoms with E-state index in [0.29, 0.717) is 29.5 Å². The lowest BCUT2D eigenvalue weighted by molar-refractivity contribution is -0.146. The van der Waals surface area contributed by atoms with Crippen LogP contribution in [0.5, 0.6) is 0 Å². The van der Waals surface area contributed by atoms with Crippen molar-refractivity contribution in [2.45, 2.75) is 83.5 Å². The van der Waals surface area contributed by atoms with E-state index in [1.165, 1.54) is 0 Å². The highest BCUT2D eigenvalue weighted by molar-refractivity contribution is 6.77. The molecule has 0 aromatic rings. The molecule has 4 heteroatoms. The van der Waals surface area contributed by atoms with E-state index in [1.54, 1.807) is 6.08 Å².